The van der Waals surface area contributed by atoms with E-state index in [4.69, 9.17) is 10.5 Å². The van der Waals surface area contributed by atoms with E-state index in [0.717, 1.165) is 0 Å². The monoisotopic (exact) mass is 378 g/mol. The average molecular weight is 379 g/mol. The lowest BCUT2D eigenvalue weighted by atomic mass is 10.2. The molecule has 3 N–H and O–H groups in total. The van der Waals surface area contributed by atoms with Crippen molar-refractivity contribution in [2.45, 2.75) is 24.8 Å². The van der Waals surface area contributed by atoms with Crippen LogP contribution in [0.25, 0.3) is 0 Å². The Hall–Kier alpha value is -1.45. The topological polar surface area (TPSA) is 116 Å². The number of nitrogens with two attached hydrogens (primary N) is 1. The number of benzene rings is 1. The molecule has 116 valence electrons. The van der Waals surface area contributed by atoms with Crippen molar-refractivity contribution in [3.8, 4) is 0 Å². The number of sulfonamides is 1. The zero-order valence-electron chi connectivity index (χ0n) is 11.3. The summed E-state index contributed by atoms with van der Waals surface area (Å²) in [6.45, 7) is 0.971. The first-order valence-electron chi connectivity index (χ1n) is 5.92. The van der Waals surface area contributed by atoms with Crippen LogP contribution in [0.2, 0.25) is 0 Å². The number of nitrogens with one attached hydrogen (secondary N) is 1. The maximum absolute atomic E-state index is 12.2. The normalized spacial score (nSPS) is 11.1. The van der Waals surface area contributed by atoms with Crippen molar-refractivity contribution in [2.24, 2.45) is 5.73 Å². The number of hydrogen-bond acceptors (Lipinski definition) is 5. The lowest BCUT2D eigenvalue weighted by Crippen LogP contribution is -2.28. The van der Waals surface area contributed by atoms with E-state index in [0.29, 0.717) is 10.0 Å². The largest absolute Gasteiger partial charge is 0.461 e. The van der Waals surface area contributed by atoms with Gasteiger partial charge in [-0.25, -0.2) is 13.1 Å². The van der Waals surface area contributed by atoms with Crippen LogP contribution in [0.3, 0.4) is 0 Å². The summed E-state index contributed by atoms with van der Waals surface area (Å²) in [6.07, 6.45) is -0.102. The Morgan fingerprint density at radius 2 is 2.05 bits per heavy atom. The first kappa shape index (κ1) is 17.6. The predicted octanol–water partition coefficient (Wildman–Crippen LogP) is 0.666. The van der Waals surface area contributed by atoms with Crippen molar-refractivity contribution in [1.82, 2.24) is 4.72 Å². The standard InChI is InChI=1S/C12H15BrN2O5S/c1-8(16)20-7-9-6-10(13)2-3-11(9)21(18,19)15-5-4-12(14)17/h2-3,6,15H,4-5,7H2,1H3,(H2,14,17). The lowest BCUT2D eigenvalue weighted by Gasteiger charge is -2.11. The van der Waals surface area contributed by atoms with Gasteiger partial charge in [0.2, 0.25) is 15.9 Å². The molecule has 0 saturated heterocycles. The van der Waals surface area contributed by atoms with Crippen LogP contribution >= 0.6 is 15.9 Å². The smallest absolute Gasteiger partial charge is 0.302 e. The van der Waals surface area contributed by atoms with Crippen LogP contribution in [0.1, 0.15) is 18.9 Å². The van der Waals surface area contributed by atoms with Crippen LogP contribution < -0.4 is 10.5 Å². The Kier molecular flexibility index (Phi) is 6.31. The zero-order valence-corrected chi connectivity index (χ0v) is 13.7. The summed E-state index contributed by atoms with van der Waals surface area (Å²) in [7, 11) is -3.82. The van der Waals surface area contributed by atoms with Gasteiger partial charge in [-0.2, -0.15) is 0 Å². The van der Waals surface area contributed by atoms with E-state index in [1.165, 1.54) is 13.0 Å². The molecular weight excluding hydrogens is 364 g/mol. The molecule has 0 aliphatic rings. The molecular formula is C12H15BrN2O5S. The zero-order chi connectivity index (χ0) is 16.0. The minimum absolute atomic E-state index is 0.0172. The van der Waals surface area contributed by atoms with Gasteiger partial charge < -0.3 is 10.5 Å². The number of carbonyl (C=O) groups is 2. The van der Waals surface area contributed by atoms with Crippen LogP contribution in [-0.2, 0) is 31.0 Å². The summed E-state index contributed by atoms with van der Waals surface area (Å²) >= 11 is 3.22. The number of halogens is 1. The van der Waals surface area contributed by atoms with E-state index >= 15 is 0 Å². The van der Waals surface area contributed by atoms with Crippen LogP contribution in [0, 0.1) is 0 Å². The maximum atomic E-state index is 12.2. The van der Waals surface area contributed by atoms with Crippen LogP contribution in [0.5, 0.6) is 0 Å². The Morgan fingerprint density at radius 1 is 1.38 bits per heavy atom. The molecule has 0 saturated carbocycles. The van der Waals surface area contributed by atoms with Crippen LogP contribution in [0.15, 0.2) is 27.6 Å². The Labute approximate surface area is 131 Å². The molecule has 7 nitrogen and oxygen atoms in total. The highest BCUT2D eigenvalue weighted by molar-refractivity contribution is 9.10. The summed E-state index contributed by atoms with van der Waals surface area (Å²) in [6, 6.07) is 4.49. The number of carbonyl (C=O) groups excluding carboxylic acids is 2. The maximum Gasteiger partial charge on any atom is 0.302 e. The highest BCUT2D eigenvalue weighted by Crippen LogP contribution is 2.21. The van der Waals surface area contributed by atoms with Crippen LogP contribution in [-0.4, -0.2) is 26.8 Å². The van der Waals surface area contributed by atoms with Gasteiger partial charge in [0.05, 0.1) is 4.90 Å². The number of rotatable bonds is 7. The third-order valence-corrected chi connectivity index (χ3v) is 4.46. The third kappa shape index (κ3) is 5.82. The van der Waals surface area contributed by atoms with Crippen LogP contribution in [0.4, 0.5) is 0 Å². The molecule has 0 unspecified atom stereocenters. The molecule has 0 heterocycles. The van der Waals surface area contributed by atoms with Gasteiger partial charge in [0.1, 0.15) is 6.61 Å². The van der Waals surface area contributed by atoms with Crippen molar-refractivity contribution < 1.29 is 22.7 Å². The molecule has 1 rings (SSSR count). The Morgan fingerprint density at radius 3 is 2.62 bits per heavy atom. The highest BCUT2D eigenvalue weighted by Gasteiger charge is 2.19. The van der Waals surface area contributed by atoms with Crippen molar-refractivity contribution in [3.05, 3.63) is 28.2 Å². The third-order valence-electron chi connectivity index (χ3n) is 2.41. The lowest BCUT2D eigenvalue weighted by molar-refractivity contribution is -0.142. The summed E-state index contributed by atoms with van der Waals surface area (Å²) in [5, 5.41) is 0. The second-order valence-corrected chi connectivity index (χ2v) is 6.80. The fourth-order valence-electron chi connectivity index (χ4n) is 1.49. The predicted molar refractivity (Wildman–Crippen MR) is 78.6 cm³/mol. The Bertz CT molecular complexity index is 645. The van der Waals surface area contributed by atoms with Crippen molar-refractivity contribution in [3.63, 3.8) is 0 Å². The van der Waals surface area contributed by atoms with E-state index in [1.54, 1.807) is 12.1 Å². The summed E-state index contributed by atoms with van der Waals surface area (Å²) < 4.78 is 32.1. The molecule has 0 spiro atoms. The van der Waals surface area contributed by atoms with Gasteiger partial charge >= 0.3 is 5.97 Å². The SMILES string of the molecule is CC(=O)OCc1cc(Br)ccc1S(=O)(=O)NCCC(N)=O. The molecule has 0 fully saturated rings. The fourth-order valence-corrected chi connectivity index (χ4v) is 3.13. The molecule has 21 heavy (non-hydrogen) atoms. The quantitative estimate of drug-likeness (QED) is 0.676. The number of esters is 1. The number of ether oxygens (including phenoxy) is 1. The second-order valence-electron chi connectivity index (χ2n) is 4.15. The second kappa shape index (κ2) is 7.53. The molecule has 1 amide bonds. The van der Waals surface area contributed by atoms with Gasteiger partial charge in [-0.3, -0.25) is 9.59 Å². The molecule has 0 aromatic heterocycles. The minimum atomic E-state index is -3.82. The number of hydrogen-bond donors (Lipinski definition) is 2. The van der Waals surface area contributed by atoms with Crippen molar-refractivity contribution in [1.29, 1.82) is 0 Å². The number of amides is 1. The van der Waals surface area contributed by atoms with Gasteiger partial charge in [0.25, 0.3) is 0 Å². The summed E-state index contributed by atoms with van der Waals surface area (Å²) in [4.78, 5) is 21.5. The van der Waals surface area contributed by atoms with Gasteiger partial charge in [-0.1, -0.05) is 15.9 Å². The van der Waals surface area contributed by atoms with E-state index in [-0.39, 0.29) is 24.5 Å². The molecule has 9 heteroatoms. The molecule has 0 bridgehead atoms. The van der Waals surface area contributed by atoms with Gasteiger partial charge in [0.15, 0.2) is 0 Å². The van der Waals surface area contributed by atoms with E-state index in [9.17, 15) is 18.0 Å². The average Bonchev–Trinajstić information content (AvgIpc) is 2.35. The van der Waals surface area contributed by atoms with Gasteiger partial charge in [-0.05, 0) is 18.2 Å². The molecule has 0 aliphatic carbocycles. The fraction of sp³-hybridized carbons (Fsp3) is 0.333. The highest BCUT2D eigenvalue weighted by atomic mass is 79.9. The van der Waals surface area contributed by atoms with Crippen molar-refractivity contribution in [2.75, 3.05) is 6.54 Å². The van der Waals surface area contributed by atoms with E-state index in [1.807, 2.05) is 0 Å². The summed E-state index contributed by atoms with van der Waals surface area (Å²) in [5.41, 5.74) is 5.28. The van der Waals surface area contributed by atoms with E-state index < -0.39 is 21.9 Å². The Balaban J connectivity index is 2.98. The van der Waals surface area contributed by atoms with Gasteiger partial charge in [-0.15, -0.1) is 0 Å². The molecule has 0 radical (unpaired) electrons. The molecule has 1 aromatic carbocycles. The first-order valence-corrected chi connectivity index (χ1v) is 8.20. The van der Waals surface area contributed by atoms with Gasteiger partial charge in [0, 0.05) is 29.9 Å². The summed E-state index contributed by atoms with van der Waals surface area (Å²) in [5.74, 6) is -1.12. The molecule has 0 atom stereocenters. The molecule has 1 aromatic rings. The minimum Gasteiger partial charge on any atom is -0.461 e. The van der Waals surface area contributed by atoms with Crippen molar-refractivity contribution >= 4 is 37.8 Å². The first-order chi connectivity index (χ1) is 9.72. The van der Waals surface area contributed by atoms with E-state index in [2.05, 4.69) is 20.7 Å². The molecule has 0 aliphatic heterocycles. The number of primary amides is 1.